The number of anilines is 1. The average Bonchev–Trinajstić information content (AvgIpc) is 2.03. The highest BCUT2D eigenvalue weighted by Crippen LogP contribution is 2.02. The number of amides is 2. The summed E-state index contributed by atoms with van der Waals surface area (Å²) in [4.78, 5) is 24.7. The Hall–Kier alpha value is -2.11. The number of aromatic nitrogens is 1. The molecule has 0 bridgehead atoms. The van der Waals surface area contributed by atoms with Crippen molar-refractivity contribution >= 4 is 17.7 Å². The third kappa shape index (κ3) is 2.44. The van der Waals surface area contributed by atoms with E-state index in [0.29, 0.717) is 5.69 Å². The zero-order valence-electron chi connectivity index (χ0n) is 6.52. The van der Waals surface area contributed by atoms with Crippen LogP contribution in [0, 0.1) is 0 Å². The Morgan fingerprint density at radius 2 is 2.15 bits per heavy atom. The van der Waals surface area contributed by atoms with Crippen molar-refractivity contribution in [3.8, 4) is 0 Å². The number of carbonyl (C=O) groups is 2. The lowest BCUT2D eigenvalue weighted by Gasteiger charge is -1.99. The van der Waals surface area contributed by atoms with Gasteiger partial charge in [-0.25, -0.2) is 4.79 Å². The topological polar surface area (TPSA) is 105 Å². The second-order valence-corrected chi connectivity index (χ2v) is 2.27. The second-order valence-electron chi connectivity index (χ2n) is 2.27. The van der Waals surface area contributed by atoms with E-state index in [1.165, 1.54) is 18.5 Å². The molecular formula is C7H7N3O3. The van der Waals surface area contributed by atoms with Crippen molar-refractivity contribution in [1.29, 1.82) is 0 Å². The van der Waals surface area contributed by atoms with Gasteiger partial charge in [-0.1, -0.05) is 0 Å². The summed E-state index contributed by atoms with van der Waals surface area (Å²) in [5.41, 5.74) is 5.75. The zero-order chi connectivity index (χ0) is 9.84. The van der Waals surface area contributed by atoms with Crippen LogP contribution in [0.4, 0.5) is 10.5 Å². The smallest absolute Gasteiger partial charge is 0.411 e. The number of hydrogen-bond acceptors (Lipinski definition) is 4. The molecule has 0 aliphatic heterocycles. The molecule has 0 aliphatic carbocycles. The minimum absolute atomic E-state index is 0.113. The van der Waals surface area contributed by atoms with Crippen molar-refractivity contribution in [2.45, 2.75) is 0 Å². The van der Waals surface area contributed by atoms with Gasteiger partial charge >= 0.3 is 6.09 Å². The van der Waals surface area contributed by atoms with Crippen molar-refractivity contribution in [3.63, 3.8) is 0 Å². The van der Waals surface area contributed by atoms with Crippen molar-refractivity contribution in [1.82, 2.24) is 10.3 Å². The van der Waals surface area contributed by atoms with Crippen LogP contribution in [0.1, 0.15) is 10.4 Å². The van der Waals surface area contributed by atoms with Gasteiger partial charge in [-0.3, -0.25) is 15.1 Å². The van der Waals surface area contributed by atoms with Crippen LogP contribution in [0.25, 0.3) is 0 Å². The molecule has 0 fully saturated rings. The molecule has 0 spiro atoms. The van der Waals surface area contributed by atoms with Crippen LogP contribution in [-0.4, -0.2) is 22.1 Å². The molecule has 0 saturated carbocycles. The Bertz CT molecular complexity index is 351. The van der Waals surface area contributed by atoms with E-state index in [-0.39, 0.29) is 5.56 Å². The van der Waals surface area contributed by atoms with Crippen LogP contribution >= 0.6 is 0 Å². The van der Waals surface area contributed by atoms with Gasteiger partial charge in [-0.15, -0.1) is 0 Å². The number of nitrogens with two attached hydrogens (primary N) is 1. The van der Waals surface area contributed by atoms with Gasteiger partial charge in [0.05, 0.1) is 11.3 Å². The van der Waals surface area contributed by atoms with Crippen LogP contribution in [0.15, 0.2) is 18.5 Å². The first-order chi connectivity index (χ1) is 6.09. The van der Waals surface area contributed by atoms with E-state index in [1.807, 2.05) is 0 Å². The summed E-state index contributed by atoms with van der Waals surface area (Å²) in [5.74, 6) is -0.743. The molecule has 0 saturated heterocycles. The van der Waals surface area contributed by atoms with E-state index in [9.17, 15) is 9.59 Å². The lowest BCUT2D eigenvalue weighted by Crippen LogP contribution is -2.28. The van der Waals surface area contributed by atoms with Gasteiger partial charge in [0, 0.05) is 12.4 Å². The molecule has 6 nitrogen and oxygen atoms in total. The van der Waals surface area contributed by atoms with E-state index in [0.717, 1.165) is 0 Å². The van der Waals surface area contributed by atoms with Gasteiger partial charge in [-0.05, 0) is 6.07 Å². The van der Waals surface area contributed by atoms with E-state index in [4.69, 9.17) is 10.8 Å². The molecule has 0 radical (unpaired) electrons. The molecule has 1 aromatic rings. The fraction of sp³-hybridized carbons (Fsp3) is 0. The lowest BCUT2D eigenvalue weighted by molar-refractivity contribution is 0.0947. The molecule has 0 unspecified atom stereocenters. The Balaban J connectivity index is 2.83. The van der Waals surface area contributed by atoms with Crippen molar-refractivity contribution in [2.75, 3.05) is 5.73 Å². The Labute approximate surface area is 73.4 Å². The van der Waals surface area contributed by atoms with E-state index < -0.39 is 12.0 Å². The number of carboxylic acid groups (broad SMARTS) is 1. The number of hydrogen-bond donors (Lipinski definition) is 3. The molecule has 4 N–H and O–H groups in total. The molecule has 6 heteroatoms. The molecular weight excluding hydrogens is 174 g/mol. The fourth-order valence-electron chi connectivity index (χ4n) is 0.751. The first kappa shape index (κ1) is 8.98. The first-order valence-corrected chi connectivity index (χ1v) is 3.34. The van der Waals surface area contributed by atoms with Crippen LogP contribution < -0.4 is 11.1 Å². The maximum Gasteiger partial charge on any atom is 0.411 e. The van der Waals surface area contributed by atoms with Gasteiger partial charge in [0.15, 0.2) is 0 Å². The number of nitrogens with one attached hydrogen (secondary N) is 1. The largest absolute Gasteiger partial charge is 0.465 e. The standard InChI is InChI=1S/C7H7N3O3/c8-5-1-4(2-9-3-5)6(11)10-7(12)13/h1-3H,8H2,(H,10,11)(H,12,13). The summed E-state index contributed by atoms with van der Waals surface area (Å²) >= 11 is 0. The number of carbonyl (C=O) groups excluding carboxylic acids is 1. The summed E-state index contributed by atoms with van der Waals surface area (Å²) in [7, 11) is 0. The Morgan fingerprint density at radius 3 is 2.69 bits per heavy atom. The summed E-state index contributed by atoms with van der Waals surface area (Å²) in [6.45, 7) is 0. The van der Waals surface area contributed by atoms with E-state index in [1.54, 1.807) is 5.32 Å². The van der Waals surface area contributed by atoms with Crippen LogP contribution in [-0.2, 0) is 0 Å². The van der Waals surface area contributed by atoms with Crippen LogP contribution in [0.5, 0.6) is 0 Å². The third-order valence-electron chi connectivity index (χ3n) is 1.24. The predicted molar refractivity (Wildman–Crippen MR) is 44.1 cm³/mol. The minimum atomic E-state index is -1.41. The van der Waals surface area contributed by atoms with E-state index >= 15 is 0 Å². The fourth-order valence-corrected chi connectivity index (χ4v) is 0.751. The van der Waals surface area contributed by atoms with Crippen LogP contribution in [0.3, 0.4) is 0 Å². The molecule has 68 valence electrons. The molecule has 13 heavy (non-hydrogen) atoms. The average molecular weight is 181 g/mol. The zero-order valence-corrected chi connectivity index (χ0v) is 6.52. The number of rotatable bonds is 1. The Morgan fingerprint density at radius 1 is 1.46 bits per heavy atom. The number of imide groups is 1. The van der Waals surface area contributed by atoms with Crippen molar-refractivity contribution in [3.05, 3.63) is 24.0 Å². The summed E-state index contributed by atoms with van der Waals surface area (Å²) < 4.78 is 0. The van der Waals surface area contributed by atoms with Gasteiger partial charge < -0.3 is 10.8 Å². The molecule has 0 aliphatic rings. The molecule has 2 amide bonds. The first-order valence-electron chi connectivity index (χ1n) is 3.34. The Kier molecular flexibility index (Phi) is 2.44. The molecule has 1 heterocycles. The SMILES string of the molecule is Nc1cncc(C(=O)NC(=O)O)c1. The molecule has 1 rings (SSSR count). The van der Waals surface area contributed by atoms with Crippen molar-refractivity contribution in [2.24, 2.45) is 0 Å². The predicted octanol–water partition coefficient (Wildman–Crippen LogP) is 0.0716. The maximum atomic E-state index is 11.0. The highest BCUT2D eigenvalue weighted by Gasteiger charge is 2.08. The summed E-state index contributed by atoms with van der Waals surface area (Å²) in [6, 6.07) is 1.34. The molecule has 0 aromatic carbocycles. The van der Waals surface area contributed by atoms with Gasteiger partial charge in [-0.2, -0.15) is 0 Å². The lowest BCUT2D eigenvalue weighted by atomic mass is 10.2. The second kappa shape index (κ2) is 3.53. The van der Waals surface area contributed by atoms with E-state index in [2.05, 4.69) is 4.98 Å². The number of nitrogen functional groups attached to an aromatic ring is 1. The molecule has 1 aromatic heterocycles. The normalized spacial score (nSPS) is 9.23. The quantitative estimate of drug-likeness (QED) is 0.568. The minimum Gasteiger partial charge on any atom is -0.465 e. The van der Waals surface area contributed by atoms with Gasteiger partial charge in [0.2, 0.25) is 0 Å². The maximum absolute atomic E-state index is 11.0. The third-order valence-corrected chi connectivity index (χ3v) is 1.24. The number of nitrogens with zero attached hydrogens (tertiary/aromatic N) is 1. The monoisotopic (exact) mass is 181 g/mol. The summed E-state index contributed by atoms with van der Waals surface area (Å²) in [6.07, 6.45) is 1.18. The van der Waals surface area contributed by atoms with Crippen LogP contribution in [0.2, 0.25) is 0 Å². The molecule has 0 atom stereocenters. The highest BCUT2D eigenvalue weighted by atomic mass is 16.4. The highest BCUT2D eigenvalue weighted by molar-refractivity contribution is 6.02. The van der Waals surface area contributed by atoms with Gasteiger partial charge in [0.25, 0.3) is 5.91 Å². The summed E-state index contributed by atoms with van der Waals surface area (Å²) in [5, 5.41) is 9.90. The van der Waals surface area contributed by atoms with Crippen molar-refractivity contribution < 1.29 is 14.7 Å². The van der Waals surface area contributed by atoms with Gasteiger partial charge in [0.1, 0.15) is 0 Å². The number of pyridine rings is 1.